The largest absolute Gasteiger partial charge is 0.332 e. The number of H-pyrrole nitrogens is 1. The van der Waals surface area contributed by atoms with Gasteiger partial charge in [0.25, 0.3) is 5.56 Å². The molecule has 5 nitrogen and oxygen atoms in total. The van der Waals surface area contributed by atoms with Crippen LogP contribution >= 0.6 is 12.2 Å². The molecule has 144 valence electrons. The molecule has 0 bridgehead atoms. The number of para-hydroxylation sites is 1. The maximum absolute atomic E-state index is 12.7. The SMILES string of the molecule is O=C(CCCn1c(=S)[nH]c2ccccc2c1=O)Nc1cccc2c1CCCC2. The Labute approximate surface area is 168 Å². The predicted octanol–water partition coefficient (Wildman–Crippen LogP) is 4.36. The van der Waals surface area contributed by atoms with E-state index in [2.05, 4.69) is 16.4 Å². The molecule has 0 aliphatic heterocycles. The molecule has 1 aliphatic rings. The van der Waals surface area contributed by atoms with Gasteiger partial charge in [-0.25, -0.2) is 0 Å². The van der Waals surface area contributed by atoms with E-state index >= 15 is 0 Å². The summed E-state index contributed by atoms with van der Waals surface area (Å²) in [6.45, 7) is 0.416. The highest BCUT2D eigenvalue weighted by atomic mass is 32.1. The molecule has 0 atom stereocenters. The number of nitrogens with one attached hydrogen (secondary N) is 2. The lowest BCUT2D eigenvalue weighted by atomic mass is 9.90. The number of aromatic nitrogens is 2. The van der Waals surface area contributed by atoms with Gasteiger partial charge < -0.3 is 10.3 Å². The second kappa shape index (κ2) is 8.10. The third-order valence-corrected chi connectivity index (χ3v) is 5.67. The molecule has 2 aromatic carbocycles. The standard InChI is InChI=1S/C22H23N3O2S/c26-20(23-18-12-5-8-15-7-1-2-9-16(15)18)13-6-14-25-21(27)17-10-3-4-11-19(17)24-22(25)28/h3-5,8,10-12H,1-2,6-7,9,13-14H2,(H,23,26)(H,24,28). The number of rotatable bonds is 5. The molecule has 0 fully saturated rings. The van der Waals surface area contributed by atoms with Crippen molar-refractivity contribution < 1.29 is 4.79 Å². The summed E-state index contributed by atoms with van der Waals surface area (Å²) in [5, 5.41) is 3.66. The van der Waals surface area contributed by atoms with Crippen LogP contribution in [0, 0.1) is 4.77 Å². The molecule has 6 heteroatoms. The zero-order chi connectivity index (χ0) is 19.5. The molecule has 1 heterocycles. The molecule has 28 heavy (non-hydrogen) atoms. The maximum atomic E-state index is 12.7. The molecular weight excluding hydrogens is 370 g/mol. The maximum Gasteiger partial charge on any atom is 0.262 e. The molecule has 1 amide bonds. The van der Waals surface area contributed by atoms with Crippen LogP contribution in [0.4, 0.5) is 5.69 Å². The fourth-order valence-corrected chi connectivity index (χ4v) is 4.20. The third kappa shape index (κ3) is 3.78. The van der Waals surface area contributed by atoms with Crippen molar-refractivity contribution >= 4 is 34.7 Å². The number of carbonyl (C=O) groups is 1. The van der Waals surface area contributed by atoms with E-state index < -0.39 is 0 Å². The smallest absolute Gasteiger partial charge is 0.262 e. The van der Waals surface area contributed by atoms with Gasteiger partial charge in [0.15, 0.2) is 4.77 Å². The molecule has 0 radical (unpaired) electrons. The van der Waals surface area contributed by atoms with Gasteiger partial charge in [-0.05, 0) is 73.6 Å². The first-order chi connectivity index (χ1) is 13.6. The number of aromatic amines is 1. The van der Waals surface area contributed by atoms with Gasteiger partial charge in [-0.15, -0.1) is 0 Å². The number of carbonyl (C=O) groups excluding carboxylic acids is 1. The number of amides is 1. The minimum Gasteiger partial charge on any atom is -0.332 e. The van der Waals surface area contributed by atoms with Gasteiger partial charge in [0.05, 0.1) is 10.9 Å². The first-order valence-corrected chi connectivity index (χ1v) is 10.2. The summed E-state index contributed by atoms with van der Waals surface area (Å²) in [5.74, 6) is -0.0253. The lowest BCUT2D eigenvalue weighted by Crippen LogP contribution is -2.23. The van der Waals surface area contributed by atoms with E-state index in [1.54, 1.807) is 6.07 Å². The molecule has 0 saturated heterocycles. The van der Waals surface area contributed by atoms with Crippen LogP contribution in [-0.4, -0.2) is 15.5 Å². The van der Waals surface area contributed by atoms with E-state index in [0.717, 1.165) is 24.0 Å². The first kappa shape index (κ1) is 18.6. The van der Waals surface area contributed by atoms with Gasteiger partial charge in [0, 0.05) is 18.7 Å². The molecule has 1 aliphatic carbocycles. The summed E-state index contributed by atoms with van der Waals surface area (Å²) < 4.78 is 1.93. The summed E-state index contributed by atoms with van der Waals surface area (Å²) in [5.41, 5.74) is 4.17. The Morgan fingerprint density at radius 1 is 1.11 bits per heavy atom. The van der Waals surface area contributed by atoms with E-state index in [4.69, 9.17) is 12.2 Å². The average molecular weight is 394 g/mol. The topological polar surface area (TPSA) is 66.9 Å². The summed E-state index contributed by atoms with van der Waals surface area (Å²) in [6, 6.07) is 13.5. The van der Waals surface area contributed by atoms with Crippen molar-refractivity contribution in [3.8, 4) is 0 Å². The van der Waals surface area contributed by atoms with Crippen molar-refractivity contribution in [2.24, 2.45) is 0 Å². The number of hydrogen-bond donors (Lipinski definition) is 2. The quantitative estimate of drug-likeness (QED) is 0.633. The number of hydrogen-bond acceptors (Lipinski definition) is 3. The fourth-order valence-electron chi connectivity index (χ4n) is 3.91. The Balaban J connectivity index is 1.42. The van der Waals surface area contributed by atoms with Crippen molar-refractivity contribution in [2.75, 3.05) is 5.32 Å². The zero-order valence-corrected chi connectivity index (χ0v) is 16.5. The summed E-state index contributed by atoms with van der Waals surface area (Å²) >= 11 is 5.32. The van der Waals surface area contributed by atoms with Crippen LogP contribution in [-0.2, 0) is 24.2 Å². The van der Waals surface area contributed by atoms with Crippen molar-refractivity contribution in [1.29, 1.82) is 0 Å². The second-order valence-electron chi connectivity index (χ2n) is 7.23. The number of aryl methyl sites for hydroxylation is 1. The lowest BCUT2D eigenvalue weighted by Gasteiger charge is -2.19. The number of nitrogens with zero attached hydrogens (tertiary/aromatic N) is 1. The summed E-state index contributed by atoms with van der Waals surface area (Å²) in [7, 11) is 0. The normalized spacial score (nSPS) is 13.3. The van der Waals surface area contributed by atoms with Crippen LogP contribution in [0.2, 0.25) is 0 Å². The molecule has 0 unspecified atom stereocenters. The lowest BCUT2D eigenvalue weighted by molar-refractivity contribution is -0.116. The van der Waals surface area contributed by atoms with Crippen LogP contribution in [0.1, 0.15) is 36.8 Å². The van der Waals surface area contributed by atoms with E-state index in [0.29, 0.717) is 29.5 Å². The minimum atomic E-state index is -0.114. The Morgan fingerprint density at radius 2 is 1.93 bits per heavy atom. The van der Waals surface area contributed by atoms with Crippen molar-refractivity contribution in [3.05, 3.63) is 68.7 Å². The Bertz CT molecular complexity index is 1150. The molecule has 0 spiro atoms. The average Bonchev–Trinajstić information content (AvgIpc) is 2.71. The monoisotopic (exact) mass is 393 g/mol. The highest BCUT2D eigenvalue weighted by Gasteiger charge is 2.14. The number of fused-ring (bicyclic) bond motifs is 2. The van der Waals surface area contributed by atoms with Gasteiger partial charge in [-0.2, -0.15) is 0 Å². The van der Waals surface area contributed by atoms with Gasteiger partial charge in [-0.3, -0.25) is 14.2 Å². The molecule has 1 aromatic heterocycles. The van der Waals surface area contributed by atoms with Gasteiger partial charge in [0.2, 0.25) is 5.91 Å². The van der Waals surface area contributed by atoms with Crippen molar-refractivity contribution in [3.63, 3.8) is 0 Å². The second-order valence-corrected chi connectivity index (χ2v) is 7.62. The third-order valence-electron chi connectivity index (χ3n) is 5.34. The predicted molar refractivity (Wildman–Crippen MR) is 114 cm³/mol. The summed E-state index contributed by atoms with van der Waals surface area (Å²) in [4.78, 5) is 28.2. The summed E-state index contributed by atoms with van der Waals surface area (Å²) in [6.07, 6.45) is 5.39. The molecule has 0 saturated carbocycles. The zero-order valence-electron chi connectivity index (χ0n) is 15.7. The van der Waals surface area contributed by atoms with Crippen LogP contribution in [0.15, 0.2) is 47.3 Å². The first-order valence-electron chi connectivity index (χ1n) is 9.76. The molecule has 3 aromatic rings. The fraction of sp³-hybridized carbons (Fsp3) is 0.318. The van der Waals surface area contributed by atoms with Crippen LogP contribution in [0.5, 0.6) is 0 Å². The Kier molecular flexibility index (Phi) is 5.39. The van der Waals surface area contributed by atoms with Crippen LogP contribution < -0.4 is 10.9 Å². The Morgan fingerprint density at radius 3 is 2.82 bits per heavy atom. The molecular formula is C22H23N3O2S. The highest BCUT2D eigenvalue weighted by molar-refractivity contribution is 7.71. The Hall–Kier alpha value is -2.73. The minimum absolute atomic E-state index is 0.0253. The highest BCUT2D eigenvalue weighted by Crippen LogP contribution is 2.27. The van der Waals surface area contributed by atoms with Crippen LogP contribution in [0.3, 0.4) is 0 Å². The van der Waals surface area contributed by atoms with E-state index in [1.807, 2.05) is 30.3 Å². The molecule has 4 rings (SSSR count). The van der Waals surface area contributed by atoms with Crippen molar-refractivity contribution in [2.45, 2.75) is 45.1 Å². The van der Waals surface area contributed by atoms with Crippen LogP contribution in [0.25, 0.3) is 10.9 Å². The van der Waals surface area contributed by atoms with Gasteiger partial charge in [-0.1, -0.05) is 24.3 Å². The van der Waals surface area contributed by atoms with E-state index in [-0.39, 0.29) is 11.5 Å². The molecule has 2 N–H and O–H groups in total. The number of benzene rings is 2. The van der Waals surface area contributed by atoms with Crippen molar-refractivity contribution in [1.82, 2.24) is 9.55 Å². The van der Waals surface area contributed by atoms with Gasteiger partial charge in [0.1, 0.15) is 0 Å². The van der Waals surface area contributed by atoms with E-state index in [9.17, 15) is 9.59 Å². The van der Waals surface area contributed by atoms with E-state index in [1.165, 1.54) is 28.5 Å². The number of anilines is 1. The van der Waals surface area contributed by atoms with Gasteiger partial charge >= 0.3 is 0 Å².